The largest absolute Gasteiger partial charge is 0.314 e. The third-order valence-electron chi connectivity index (χ3n) is 2.60. The lowest BCUT2D eigenvalue weighted by molar-refractivity contribution is 0.592. The zero-order valence-corrected chi connectivity index (χ0v) is 13.9. The molecular weight excluding hydrogens is 312 g/mol. The van der Waals surface area contributed by atoms with E-state index < -0.39 is 10.0 Å². The molecule has 0 bridgehead atoms. The van der Waals surface area contributed by atoms with Crippen molar-refractivity contribution in [3.8, 4) is 0 Å². The highest BCUT2D eigenvalue weighted by Gasteiger charge is 2.17. The van der Waals surface area contributed by atoms with E-state index in [0.29, 0.717) is 15.9 Å². The summed E-state index contributed by atoms with van der Waals surface area (Å²) in [4.78, 5) is 1.07. The van der Waals surface area contributed by atoms with Gasteiger partial charge < -0.3 is 5.32 Å². The first kappa shape index (κ1) is 15.5. The number of hydrogen-bond donors (Lipinski definition) is 2. The topological polar surface area (TPSA) is 58.2 Å². The zero-order chi connectivity index (χ0) is 14.6. The van der Waals surface area contributed by atoms with Crippen LogP contribution in [0.5, 0.6) is 0 Å². The van der Waals surface area contributed by atoms with Gasteiger partial charge in [0.2, 0.25) is 0 Å². The second kappa shape index (κ2) is 6.71. The normalized spacial score (nSPS) is 11.9. The molecule has 0 fully saturated rings. The van der Waals surface area contributed by atoms with Crippen LogP contribution in [0.2, 0.25) is 0 Å². The van der Waals surface area contributed by atoms with E-state index in [2.05, 4.69) is 23.9 Å². The van der Waals surface area contributed by atoms with E-state index in [1.165, 1.54) is 22.7 Å². The predicted molar refractivity (Wildman–Crippen MR) is 86.3 cm³/mol. The van der Waals surface area contributed by atoms with Crippen LogP contribution in [0.25, 0.3) is 0 Å². The van der Waals surface area contributed by atoms with Crippen LogP contribution in [0.4, 0.5) is 5.69 Å². The third-order valence-corrected chi connectivity index (χ3v) is 6.30. The van der Waals surface area contributed by atoms with Gasteiger partial charge in [0.1, 0.15) is 4.21 Å². The molecule has 0 saturated heterocycles. The molecule has 0 aliphatic heterocycles. The van der Waals surface area contributed by atoms with Crippen molar-refractivity contribution < 1.29 is 8.42 Å². The van der Waals surface area contributed by atoms with Crippen molar-refractivity contribution in [3.63, 3.8) is 0 Å². The Hall–Kier alpha value is -0.890. The molecule has 0 saturated carbocycles. The van der Waals surface area contributed by atoms with Crippen molar-refractivity contribution in [1.29, 1.82) is 0 Å². The Balaban J connectivity index is 2.00. The SMILES string of the molecule is CC(C)NCCc1ccc(S(=O)(=O)Nc2ccsc2)s1. The second-order valence-corrected chi connectivity index (χ2v) is 8.55. The fraction of sp³-hybridized carbons (Fsp3) is 0.385. The summed E-state index contributed by atoms with van der Waals surface area (Å²) < 4.78 is 27.3. The smallest absolute Gasteiger partial charge is 0.271 e. The molecule has 2 N–H and O–H groups in total. The van der Waals surface area contributed by atoms with Crippen LogP contribution in [0.1, 0.15) is 18.7 Å². The van der Waals surface area contributed by atoms with Gasteiger partial charge in [0.15, 0.2) is 0 Å². The van der Waals surface area contributed by atoms with Crippen LogP contribution < -0.4 is 10.0 Å². The number of anilines is 1. The fourth-order valence-electron chi connectivity index (χ4n) is 1.65. The Labute approximate surface area is 127 Å². The van der Waals surface area contributed by atoms with E-state index >= 15 is 0 Å². The number of hydrogen-bond acceptors (Lipinski definition) is 5. The van der Waals surface area contributed by atoms with Gasteiger partial charge in [-0.2, -0.15) is 11.3 Å². The number of nitrogens with one attached hydrogen (secondary N) is 2. The van der Waals surface area contributed by atoms with E-state index in [1.807, 2.05) is 11.4 Å². The lowest BCUT2D eigenvalue weighted by Crippen LogP contribution is -2.24. The Morgan fingerprint density at radius 2 is 2.05 bits per heavy atom. The van der Waals surface area contributed by atoms with Crippen molar-refractivity contribution in [2.45, 2.75) is 30.5 Å². The van der Waals surface area contributed by atoms with Crippen LogP contribution in [0.3, 0.4) is 0 Å². The molecule has 0 radical (unpaired) electrons. The molecule has 0 spiro atoms. The Morgan fingerprint density at radius 3 is 2.70 bits per heavy atom. The Morgan fingerprint density at radius 1 is 1.25 bits per heavy atom. The monoisotopic (exact) mass is 330 g/mol. The first-order valence-corrected chi connectivity index (χ1v) is 9.59. The molecule has 2 rings (SSSR count). The molecule has 0 aliphatic carbocycles. The molecule has 110 valence electrons. The third kappa shape index (κ3) is 4.31. The molecule has 2 aromatic heterocycles. The standard InChI is InChI=1S/C13H18N2O2S3/c1-10(2)14-7-5-12-3-4-13(19-12)20(16,17)15-11-6-8-18-9-11/h3-4,6,8-10,14-15H,5,7H2,1-2H3. The minimum atomic E-state index is -3.45. The minimum Gasteiger partial charge on any atom is -0.314 e. The van der Waals surface area contributed by atoms with E-state index in [-0.39, 0.29) is 0 Å². The van der Waals surface area contributed by atoms with Gasteiger partial charge in [0.25, 0.3) is 10.0 Å². The molecule has 0 amide bonds. The molecule has 4 nitrogen and oxygen atoms in total. The molecule has 0 unspecified atom stereocenters. The summed E-state index contributed by atoms with van der Waals surface area (Å²) in [5, 5.41) is 6.94. The van der Waals surface area contributed by atoms with Gasteiger partial charge >= 0.3 is 0 Å². The molecule has 0 aromatic carbocycles. The summed E-state index contributed by atoms with van der Waals surface area (Å²) in [6, 6.07) is 5.75. The van der Waals surface area contributed by atoms with Crippen LogP contribution in [-0.4, -0.2) is 21.0 Å². The first-order valence-electron chi connectivity index (χ1n) is 6.34. The maximum atomic E-state index is 12.2. The first-order chi connectivity index (χ1) is 9.47. The van der Waals surface area contributed by atoms with Crippen LogP contribution >= 0.6 is 22.7 Å². The summed E-state index contributed by atoms with van der Waals surface area (Å²) in [5.41, 5.74) is 0.617. The van der Waals surface area contributed by atoms with Crippen molar-refractivity contribution >= 4 is 38.4 Å². The maximum Gasteiger partial charge on any atom is 0.271 e. The summed E-state index contributed by atoms with van der Waals surface area (Å²) in [6.07, 6.45) is 0.844. The summed E-state index contributed by atoms with van der Waals surface area (Å²) in [6.45, 7) is 5.04. The average Bonchev–Trinajstić information content (AvgIpc) is 2.99. The highest BCUT2D eigenvalue weighted by molar-refractivity contribution is 7.94. The minimum absolute atomic E-state index is 0.364. The average molecular weight is 330 g/mol. The molecular formula is C13H18N2O2S3. The van der Waals surface area contributed by atoms with Crippen LogP contribution in [0.15, 0.2) is 33.2 Å². The summed E-state index contributed by atoms with van der Waals surface area (Å²) in [7, 11) is -3.45. The molecule has 20 heavy (non-hydrogen) atoms. The second-order valence-electron chi connectivity index (χ2n) is 4.70. The maximum absolute atomic E-state index is 12.2. The number of thiophene rings is 2. The van der Waals surface area contributed by atoms with E-state index in [0.717, 1.165) is 17.8 Å². The lowest BCUT2D eigenvalue weighted by atomic mass is 10.3. The van der Waals surface area contributed by atoms with Gasteiger partial charge in [-0.15, -0.1) is 11.3 Å². The van der Waals surface area contributed by atoms with Gasteiger partial charge in [-0.05, 0) is 30.0 Å². The number of sulfonamides is 1. The van der Waals surface area contributed by atoms with Gasteiger partial charge in [-0.25, -0.2) is 8.42 Å². The fourth-order valence-corrected chi connectivity index (χ4v) is 4.72. The molecule has 0 atom stereocenters. The van der Waals surface area contributed by atoms with Crippen molar-refractivity contribution in [1.82, 2.24) is 5.32 Å². The molecule has 0 aliphatic rings. The van der Waals surface area contributed by atoms with Crippen molar-refractivity contribution in [3.05, 3.63) is 33.8 Å². The van der Waals surface area contributed by atoms with Gasteiger partial charge in [0.05, 0.1) is 5.69 Å². The molecule has 2 aromatic rings. The van der Waals surface area contributed by atoms with E-state index in [1.54, 1.807) is 17.5 Å². The highest BCUT2D eigenvalue weighted by atomic mass is 32.2. The molecule has 2 heterocycles. The van der Waals surface area contributed by atoms with Gasteiger partial charge in [-0.1, -0.05) is 13.8 Å². The number of rotatable bonds is 7. The summed E-state index contributed by atoms with van der Waals surface area (Å²) in [5.74, 6) is 0. The quantitative estimate of drug-likeness (QED) is 0.820. The zero-order valence-electron chi connectivity index (χ0n) is 11.4. The predicted octanol–water partition coefficient (Wildman–Crippen LogP) is 3.15. The Kier molecular flexibility index (Phi) is 5.20. The molecule has 7 heteroatoms. The van der Waals surface area contributed by atoms with Gasteiger partial charge in [0, 0.05) is 22.8 Å². The van der Waals surface area contributed by atoms with Crippen LogP contribution in [0, 0.1) is 0 Å². The van der Waals surface area contributed by atoms with E-state index in [9.17, 15) is 8.42 Å². The van der Waals surface area contributed by atoms with E-state index in [4.69, 9.17) is 0 Å². The lowest BCUT2D eigenvalue weighted by Gasteiger charge is -2.06. The van der Waals surface area contributed by atoms with Crippen LogP contribution in [-0.2, 0) is 16.4 Å². The highest BCUT2D eigenvalue weighted by Crippen LogP contribution is 2.25. The van der Waals surface area contributed by atoms with Crippen molar-refractivity contribution in [2.75, 3.05) is 11.3 Å². The van der Waals surface area contributed by atoms with Crippen molar-refractivity contribution in [2.24, 2.45) is 0 Å². The Bertz CT molecular complexity index is 630. The van der Waals surface area contributed by atoms with Gasteiger partial charge in [-0.3, -0.25) is 4.72 Å². The summed E-state index contributed by atoms with van der Waals surface area (Å²) >= 11 is 2.79.